The summed E-state index contributed by atoms with van der Waals surface area (Å²) in [4.78, 5) is 26.1. The number of ether oxygens (including phenoxy) is 1. The molecule has 166 valence electrons. The number of hydrogen-bond donors (Lipinski definition) is 1. The van der Waals surface area contributed by atoms with Gasteiger partial charge >= 0.3 is 0 Å². The number of aromatic nitrogens is 3. The molecule has 2 aromatic carbocycles. The standard InChI is InChI=1S/C26H22ClN3O3/c1-17-25-23(28-30(26(25)32)20-12-10-19(27)11-13-20)15-24(31)29(17)16-18-6-5-9-22(14-18)33-21-7-3-2-4-8-21/h3,5-15,28H,2,4,16H2,1H3. The zero-order valence-corrected chi connectivity index (χ0v) is 18.8. The van der Waals surface area contributed by atoms with Gasteiger partial charge in [-0.1, -0.05) is 29.8 Å². The van der Waals surface area contributed by atoms with E-state index >= 15 is 0 Å². The fourth-order valence-electron chi connectivity index (χ4n) is 4.07. The second-order valence-corrected chi connectivity index (χ2v) is 8.44. The average Bonchev–Trinajstić information content (AvgIpc) is 3.14. The first-order valence-corrected chi connectivity index (χ1v) is 11.1. The smallest absolute Gasteiger partial charge is 0.280 e. The molecule has 1 N–H and O–H groups in total. The number of pyridine rings is 1. The van der Waals surface area contributed by atoms with Crippen molar-refractivity contribution >= 4 is 22.5 Å². The number of fused-ring (bicyclic) bond motifs is 1. The lowest BCUT2D eigenvalue weighted by Crippen LogP contribution is -2.23. The number of allylic oxidation sites excluding steroid dienone is 3. The molecular weight excluding hydrogens is 438 g/mol. The van der Waals surface area contributed by atoms with Crippen LogP contribution in [0.25, 0.3) is 16.6 Å². The zero-order chi connectivity index (χ0) is 22.9. The maximum atomic E-state index is 13.2. The summed E-state index contributed by atoms with van der Waals surface area (Å²) in [5.74, 6) is 1.53. The molecule has 1 aliphatic rings. The third-order valence-corrected chi connectivity index (χ3v) is 5.99. The van der Waals surface area contributed by atoms with E-state index in [-0.39, 0.29) is 11.1 Å². The topological polar surface area (TPSA) is 69.0 Å². The molecule has 0 unspecified atom stereocenters. The normalized spacial score (nSPS) is 13.3. The number of H-pyrrole nitrogens is 1. The maximum Gasteiger partial charge on any atom is 0.280 e. The Bertz CT molecular complexity index is 1520. The lowest BCUT2D eigenvalue weighted by Gasteiger charge is -2.13. The van der Waals surface area contributed by atoms with E-state index in [0.29, 0.717) is 39.6 Å². The van der Waals surface area contributed by atoms with Gasteiger partial charge in [0.2, 0.25) is 0 Å². The zero-order valence-electron chi connectivity index (χ0n) is 18.0. The molecule has 2 aromatic heterocycles. The van der Waals surface area contributed by atoms with E-state index in [9.17, 15) is 9.59 Å². The minimum absolute atomic E-state index is 0.186. The monoisotopic (exact) mass is 459 g/mol. The third-order valence-electron chi connectivity index (χ3n) is 5.74. The van der Waals surface area contributed by atoms with Gasteiger partial charge in [-0.25, -0.2) is 4.68 Å². The van der Waals surface area contributed by atoms with Crippen molar-refractivity contribution in [1.29, 1.82) is 0 Å². The number of aromatic amines is 1. The quantitative estimate of drug-likeness (QED) is 0.451. The molecule has 4 aromatic rings. The van der Waals surface area contributed by atoms with E-state index in [4.69, 9.17) is 16.3 Å². The van der Waals surface area contributed by atoms with Crippen LogP contribution in [0.3, 0.4) is 0 Å². The number of nitrogens with zero attached hydrogens (tertiary/aromatic N) is 2. The second kappa shape index (κ2) is 8.64. The number of nitrogens with one attached hydrogen (secondary N) is 1. The number of rotatable bonds is 5. The first-order valence-electron chi connectivity index (χ1n) is 10.7. The molecule has 0 saturated carbocycles. The van der Waals surface area contributed by atoms with E-state index in [1.807, 2.05) is 30.3 Å². The first kappa shape index (κ1) is 21.1. The molecule has 0 bridgehead atoms. The lowest BCUT2D eigenvalue weighted by molar-refractivity contribution is 0.438. The molecule has 0 saturated heterocycles. The van der Waals surface area contributed by atoms with E-state index in [2.05, 4.69) is 17.3 Å². The van der Waals surface area contributed by atoms with Crippen LogP contribution in [0, 0.1) is 6.92 Å². The van der Waals surface area contributed by atoms with Gasteiger partial charge in [0.25, 0.3) is 11.1 Å². The predicted octanol–water partition coefficient (Wildman–Crippen LogP) is 5.10. The third kappa shape index (κ3) is 4.17. The van der Waals surface area contributed by atoms with Crippen LogP contribution in [-0.4, -0.2) is 14.3 Å². The Kier molecular flexibility index (Phi) is 5.52. The SMILES string of the molecule is Cc1c2c(=O)n(-c3ccc(Cl)cc3)[nH]c2cc(=O)n1Cc1cccc(OC2=CCCC=C2)c1. The van der Waals surface area contributed by atoms with Gasteiger partial charge in [-0.15, -0.1) is 0 Å². The van der Waals surface area contributed by atoms with E-state index in [1.165, 1.54) is 10.7 Å². The Balaban J connectivity index is 1.51. The largest absolute Gasteiger partial charge is 0.458 e. The number of benzene rings is 2. The summed E-state index contributed by atoms with van der Waals surface area (Å²) in [5.41, 5.74) is 2.26. The summed E-state index contributed by atoms with van der Waals surface area (Å²) in [5, 5.41) is 4.11. The molecule has 0 atom stereocenters. The lowest BCUT2D eigenvalue weighted by atomic mass is 10.1. The fraction of sp³-hybridized carbons (Fsp3) is 0.154. The average molecular weight is 460 g/mol. The first-order chi connectivity index (χ1) is 16.0. The summed E-state index contributed by atoms with van der Waals surface area (Å²) >= 11 is 5.97. The van der Waals surface area contributed by atoms with Gasteiger partial charge in [0.05, 0.1) is 23.1 Å². The van der Waals surface area contributed by atoms with E-state index in [0.717, 1.165) is 24.2 Å². The second-order valence-electron chi connectivity index (χ2n) is 8.01. The number of aryl methyl sites for hydroxylation is 1. The van der Waals surface area contributed by atoms with Crippen molar-refractivity contribution < 1.29 is 4.74 Å². The highest BCUT2D eigenvalue weighted by atomic mass is 35.5. The molecule has 7 heteroatoms. The highest BCUT2D eigenvalue weighted by Gasteiger charge is 2.15. The molecule has 0 radical (unpaired) electrons. The molecule has 1 aliphatic carbocycles. The van der Waals surface area contributed by atoms with Crippen molar-refractivity contribution in [3.05, 3.63) is 116 Å². The Morgan fingerprint density at radius 2 is 1.88 bits per heavy atom. The molecule has 33 heavy (non-hydrogen) atoms. The number of hydrogen-bond acceptors (Lipinski definition) is 3. The van der Waals surface area contributed by atoms with Crippen molar-refractivity contribution in [2.45, 2.75) is 26.3 Å². The van der Waals surface area contributed by atoms with Crippen LogP contribution >= 0.6 is 11.6 Å². The summed E-state index contributed by atoms with van der Waals surface area (Å²) in [6, 6.07) is 16.1. The van der Waals surface area contributed by atoms with Gasteiger partial charge in [0.1, 0.15) is 11.5 Å². The highest BCUT2D eigenvalue weighted by Crippen LogP contribution is 2.21. The summed E-state index contributed by atoms with van der Waals surface area (Å²) < 4.78 is 9.01. The van der Waals surface area contributed by atoms with E-state index < -0.39 is 0 Å². The van der Waals surface area contributed by atoms with Gasteiger partial charge in [-0.05, 0) is 73.9 Å². The summed E-state index contributed by atoms with van der Waals surface area (Å²) in [7, 11) is 0. The molecule has 5 rings (SSSR count). The summed E-state index contributed by atoms with van der Waals surface area (Å²) in [6.07, 6.45) is 8.11. The van der Waals surface area contributed by atoms with Crippen molar-refractivity contribution in [1.82, 2.24) is 14.3 Å². The van der Waals surface area contributed by atoms with Gasteiger partial charge in [-0.2, -0.15) is 0 Å². The molecular formula is C26H22ClN3O3. The maximum absolute atomic E-state index is 13.2. The minimum atomic E-state index is -0.216. The van der Waals surface area contributed by atoms with Gasteiger partial charge < -0.3 is 9.30 Å². The Morgan fingerprint density at radius 3 is 2.64 bits per heavy atom. The van der Waals surface area contributed by atoms with Crippen molar-refractivity contribution in [3.8, 4) is 11.4 Å². The molecule has 0 amide bonds. The Hall–Kier alpha value is -3.77. The van der Waals surface area contributed by atoms with Crippen LogP contribution in [0.1, 0.15) is 24.1 Å². The van der Waals surface area contributed by atoms with Crippen LogP contribution in [-0.2, 0) is 6.54 Å². The Morgan fingerprint density at radius 1 is 1.06 bits per heavy atom. The number of halogens is 1. The highest BCUT2D eigenvalue weighted by molar-refractivity contribution is 6.30. The molecule has 0 spiro atoms. The minimum Gasteiger partial charge on any atom is -0.458 e. The van der Waals surface area contributed by atoms with Crippen LogP contribution < -0.4 is 15.9 Å². The predicted molar refractivity (Wildman–Crippen MR) is 131 cm³/mol. The van der Waals surface area contributed by atoms with Crippen LogP contribution in [0.2, 0.25) is 5.02 Å². The van der Waals surface area contributed by atoms with E-state index in [1.54, 1.807) is 35.8 Å². The van der Waals surface area contributed by atoms with Crippen molar-refractivity contribution in [2.75, 3.05) is 0 Å². The molecule has 0 fully saturated rings. The summed E-state index contributed by atoms with van der Waals surface area (Å²) in [6.45, 7) is 2.13. The molecule has 6 nitrogen and oxygen atoms in total. The van der Waals surface area contributed by atoms with Crippen molar-refractivity contribution in [2.24, 2.45) is 0 Å². The Labute approximate surface area is 195 Å². The van der Waals surface area contributed by atoms with Crippen LogP contribution in [0.5, 0.6) is 5.75 Å². The van der Waals surface area contributed by atoms with Gasteiger partial charge in [0.15, 0.2) is 0 Å². The van der Waals surface area contributed by atoms with Crippen molar-refractivity contribution in [3.63, 3.8) is 0 Å². The fourth-order valence-corrected chi connectivity index (χ4v) is 4.20. The molecule has 2 heterocycles. The van der Waals surface area contributed by atoms with Crippen LogP contribution in [0.15, 0.2) is 88.2 Å². The molecule has 0 aliphatic heterocycles. The van der Waals surface area contributed by atoms with Gasteiger partial charge in [0, 0.05) is 16.8 Å². The van der Waals surface area contributed by atoms with Gasteiger partial charge in [-0.3, -0.25) is 14.7 Å². The van der Waals surface area contributed by atoms with Crippen LogP contribution in [0.4, 0.5) is 0 Å².